The second-order valence-electron chi connectivity index (χ2n) is 5.95. The first kappa shape index (κ1) is 20.3. The average Bonchev–Trinajstić information content (AvgIpc) is 2.87. The van der Waals surface area contributed by atoms with Gasteiger partial charge in [-0.05, 0) is 30.4 Å². The van der Waals surface area contributed by atoms with Crippen molar-refractivity contribution in [2.24, 2.45) is 16.8 Å². The van der Waals surface area contributed by atoms with Gasteiger partial charge in [0.2, 0.25) is 0 Å². The molecule has 0 fully saturated rings. The molecule has 2 N–H and O–H groups in total. The topological polar surface area (TPSA) is 49.6 Å². The van der Waals surface area contributed by atoms with E-state index in [0.29, 0.717) is 11.8 Å². The van der Waals surface area contributed by atoms with E-state index in [1.54, 1.807) is 6.26 Å². The van der Waals surface area contributed by atoms with Crippen molar-refractivity contribution in [3.8, 4) is 0 Å². The standard InChI is InChI=1S/C16H29N3O.HI/c1-13(2)7-9-17-16(19-12-14(3)4)18-10-8-15-6-5-11-20-15;/h5-6,11,13-14H,7-10,12H2,1-4H3,(H2,17,18,19);1H. The summed E-state index contributed by atoms with van der Waals surface area (Å²) in [5, 5.41) is 6.76. The molecule has 0 aromatic carbocycles. The lowest BCUT2D eigenvalue weighted by atomic mass is 10.1. The van der Waals surface area contributed by atoms with Crippen molar-refractivity contribution in [3.05, 3.63) is 24.2 Å². The van der Waals surface area contributed by atoms with Gasteiger partial charge in [-0.15, -0.1) is 24.0 Å². The Hall–Kier alpha value is -0.720. The van der Waals surface area contributed by atoms with Crippen molar-refractivity contribution < 1.29 is 4.42 Å². The van der Waals surface area contributed by atoms with E-state index >= 15 is 0 Å². The molecule has 0 aliphatic heterocycles. The molecule has 0 amide bonds. The lowest BCUT2D eigenvalue weighted by molar-refractivity contribution is 0.506. The third kappa shape index (κ3) is 10.6. The summed E-state index contributed by atoms with van der Waals surface area (Å²) in [5.74, 6) is 3.19. The molecular formula is C16H30IN3O. The number of hydrogen-bond donors (Lipinski definition) is 2. The van der Waals surface area contributed by atoms with Gasteiger partial charge in [0, 0.05) is 26.1 Å². The number of nitrogens with one attached hydrogen (secondary N) is 2. The molecule has 1 aromatic heterocycles. The normalized spacial score (nSPS) is 11.6. The molecule has 4 nitrogen and oxygen atoms in total. The molecule has 0 spiro atoms. The van der Waals surface area contributed by atoms with Crippen molar-refractivity contribution in [1.29, 1.82) is 0 Å². The SMILES string of the molecule is CC(C)CCNC(=NCC(C)C)NCCc1ccco1.I. The van der Waals surface area contributed by atoms with Crippen LogP contribution in [0.15, 0.2) is 27.8 Å². The van der Waals surface area contributed by atoms with Crippen LogP contribution in [0.25, 0.3) is 0 Å². The molecular weight excluding hydrogens is 377 g/mol. The molecule has 21 heavy (non-hydrogen) atoms. The summed E-state index contributed by atoms with van der Waals surface area (Å²) in [6.45, 7) is 11.5. The summed E-state index contributed by atoms with van der Waals surface area (Å²) >= 11 is 0. The molecule has 0 aliphatic carbocycles. The summed E-state index contributed by atoms with van der Waals surface area (Å²) in [4.78, 5) is 4.60. The van der Waals surface area contributed by atoms with Crippen LogP contribution in [0.4, 0.5) is 0 Å². The highest BCUT2D eigenvalue weighted by atomic mass is 127. The lowest BCUT2D eigenvalue weighted by Crippen LogP contribution is -2.39. The van der Waals surface area contributed by atoms with Crippen LogP contribution >= 0.6 is 24.0 Å². The van der Waals surface area contributed by atoms with Gasteiger partial charge in [-0.2, -0.15) is 0 Å². The Morgan fingerprint density at radius 1 is 1.14 bits per heavy atom. The monoisotopic (exact) mass is 407 g/mol. The van der Waals surface area contributed by atoms with Gasteiger partial charge in [0.15, 0.2) is 5.96 Å². The first-order chi connectivity index (χ1) is 9.58. The summed E-state index contributed by atoms with van der Waals surface area (Å²) in [6, 6.07) is 3.92. The number of furan rings is 1. The van der Waals surface area contributed by atoms with E-state index in [4.69, 9.17) is 4.42 Å². The van der Waals surface area contributed by atoms with Crippen molar-refractivity contribution in [1.82, 2.24) is 10.6 Å². The van der Waals surface area contributed by atoms with E-state index in [0.717, 1.165) is 44.2 Å². The maximum absolute atomic E-state index is 5.33. The fourth-order valence-electron chi connectivity index (χ4n) is 1.69. The molecule has 0 atom stereocenters. The zero-order valence-corrected chi connectivity index (χ0v) is 16.0. The summed E-state index contributed by atoms with van der Waals surface area (Å²) < 4.78 is 5.33. The van der Waals surface area contributed by atoms with E-state index in [1.807, 2.05) is 12.1 Å². The second kappa shape index (κ2) is 11.9. The van der Waals surface area contributed by atoms with Crippen LogP contribution in [0.5, 0.6) is 0 Å². The van der Waals surface area contributed by atoms with Crippen LogP contribution in [0.2, 0.25) is 0 Å². The zero-order valence-electron chi connectivity index (χ0n) is 13.7. The van der Waals surface area contributed by atoms with Crippen molar-refractivity contribution >= 4 is 29.9 Å². The second-order valence-corrected chi connectivity index (χ2v) is 5.95. The van der Waals surface area contributed by atoms with Crippen molar-refractivity contribution in [3.63, 3.8) is 0 Å². The fourth-order valence-corrected chi connectivity index (χ4v) is 1.69. The molecule has 0 saturated carbocycles. The number of rotatable bonds is 8. The molecule has 0 saturated heterocycles. The Labute approximate surface area is 146 Å². The molecule has 1 rings (SSSR count). The van der Waals surface area contributed by atoms with Crippen molar-refractivity contribution in [2.75, 3.05) is 19.6 Å². The molecule has 122 valence electrons. The molecule has 0 aliphatic rings. The Morgan fingerprint density at radius 2 is 1.86 bits per heavy atom. The van der Waals surface area contributed by atoms with Crippen LogP contribution in [-0.4, -0.2) is 25.6 Å². The quantitative estimate of drug-likeness (QED) is 0.393. The van der Waals surface area contributed by atoms with Gasteiger partial charge in [0.05, 0.1) is 6.26 Å². The maximum atomic E-state index is 5.33. The molecule has 1 heterocycles. The van der Waals surface area contributed by atoms with Gasteiger partial charge < -0.3 is 15.1 Å². The lowest BCUT2D eigenvalue weighted by Gasteiger charge is -2.13. The number of aliphatic imine (C=N–C) groups is 1. The highest BCUT2D eigenvalue weighted by molar-refractivity contribution is 14.0. The number of guanidine groups is 1. The summed E-state index contributed by atoms with van der Waals surface area (Å²) in [7, 11) is 0. The maximum Gasteiger partial charge on any atom is 0.191 e. The van der Waals surface area contributed by atoms with Crippen LogP contribution in [0.3, 0.4) is 0 Å². The smallest absolute Gasteiger partial charge is 0.191 e. The predicted octanol–water partition coefficient (Wildman–Crippen LogP) is 3.68. The van der Waals surface area contributed by atoms with E-state index in [1.165, 1.54) is 0 Å². The Kier molecular flexibility index (Phi) is 11.5. The van der Waals surface area contributed by atoms with Crippen LogP contribution in [-0.2, 0) is 6.42 Å². The Balaban J connectivity index is 0.00000400. The minimum Gasteiger partial charge on any atom is -0.469 e. The largest absolute Gasteiger partial charge is 0.469 e. The van der Waals surface area contributed by atoms with Crippen molar-refractivity contribution in [2.45, 2.75) is 40.5 Å². The molecule has 0 radical (unpaired) electrons. The molecule has 1 aromatic rings. The minimum atomic E-state index is 0. The fraction of sp³-hybridized carbons (Fsp3) is 0.688. The Morgan fingerprint density at radius 3 is 2.43 bits per heavy atom. The van der Waals surface area contributed by atoms with Gasteiger partial charge in [0.25, 0.3) is 0 Å². The first-order valence-electron chi connectivity index (χ1n) is 7.62. The van der Waals surface area contributed by atoms with E-state index in [-0.39, 0.29) is 24.0 Å². The van der Waals surface area contributed by atoms with Gasteiger partial charge in [-0.1, -0.05) is 27.7 Å². The summed E-state index contributed by atoms with van der Waals surface area (Å²) in [5.41, 5.74) is 0. The number of nitrogens with zero attached hydrogens (tertiary/aromatic N) is 1. The third-order valence-corrected chi connectivity index (χ3v) is 2.87. The first-order valence-corrected chi connectivity index (χ1v) is 7.62. The van der Waals surface area contributed by atoms with E-state index < -0.39 is 0 Å². The van der Waals surface area contributed by atoms with Gasteiger partial charge >= 0.3 is 0 Å². The van der Waals surface area contributed by atoms with Crippen LogP contribution in [0, 0.1) is 11.8 Å². The predicted molar refractivity (Wildman–Crippen MR) is 100 cm³/mol. The highest BCUT2D eigenvalue weighted by Crippen LogP contribution is 2.00. The molecule has 0 unspecified atom stereocenters. The highest BCUT2D eigenvalue weighted by Gasteiger charge is 2.02. The zero-order chi connectivity index (χ0) is 14.8. The van der Waals surface area contributed by atoms with Gasteiger partial charge in [0.1, 0.15) is 5.76 Å². The molecule has 5 heteroatoms. The van der Waals surface area contributed by atoms with Gasteiger partial charge in [-0.3, -0.25) is 4.99 Å². The molecule has 0 bridgehead atoms. The number of halogens is 1. The summed E-state index contributed by atoms with van der Waals surface area (Å²) in [6.07, 6.45) is 3.74. The third-order valence-electron chi connectivity index (χ3n) is 2.87. The average molecular weight is 407 g/mol. The Bertz CT molecular complexity index is 375. The van der Waals surface area contributed by atoms with Gasteiger partial charge in [-0.25, -0.2) is 0 Å². The number of hydrogen-bond acceptors (Lipinski definition) is 2. The van der Waals surface area contributed by atoms with E-state index in [9.17, 15) is 0 Å². The van der Waals surface area contributed by atoms with Crippen LogP contribution < -0.4 is 10.6 Å². The van der Waals surface area contributed by atoms with E-state index in [2.05, 4.69) is 43.3 Å². The minimum absolute atomic E-state index is 0. The van der Waals surface area contributed by atoms with Crippen LogP contribution in [0.1, 0.15) is 39.9 Å².